The first-order chi connectivity index (χ1) is 12.4. The van der Waals surface area contributed by atoms with E-state index in [-0.39, 0.29) is 30.9 Å². The van der Waals surface area contributed by atoms with Crippen LogP contribution in [0.15, 0.2) is 46.5 Å². The predicted molar refractivity (Wildman–Crippen MR) is 90.1 cm³/mol. The summed E-state index contributed by atoms with van der Waals surface area (Å²) in [5.41, 5.74) is -2.23. The van der Waals surface area contributed by atoms with Gasteiger partial charge in [0.05, 0.1) is 16.1 Å². The maximum atomic E-state index is 13.1. The van der Waals surface area contributed by atoms with Gasteiger partial charge >= 0.3 is 12.4 Å². The molecular formula is C16H6Cl2F6N2S. The van der Waals surface area contributed by atoms with Crippen molar-refractivity contribution in [3.8, 4) is 0 Å². The minimum absolute atomic E-state index is 0.0428. The van der Waals surface area contributed by atoms with Gasteiger partial charge in [0.2, 0.25) is 0 Å². The number of benzene rings is 1. The summed E-state index contributed by atoms with van der Waals surface area (Å²) in [6, 6.07) is 5.19. The Balaban J connectivity index is 2.12. The van der Waals surface area contributed by atoms with E-state index < -0.39 is 23.6 Å². The summed E-state index contributed by atoms with van der Waals surface area (Å²) in [4.78, 5) is 7.24. The zero-order chi connectivity index (χ0) is 20.0. The number of rotatable bonds is 2. The van der Waals surface area contributed by atoms with E-state index in [1.807, 2.05) is 0 Å². The highest BCUT2D eigenvalue weighted by molar-refractivity contribution is 7.99. The largest absolute Gasteiger partial charge is 0.433 e. The van der Waals surface area contributed by atoms with Gasteiger partial charge in [-0.25, -0.2) is 9.97 Å². The van der Waals surface area contributed by atoms with Crippen LogP contribution in [0.1, 0.15) is 11.3 Å². The van der Waals surface area contributed by atoms with Crippen LogP contribution in [0.25, 0.3) is 10.9 Å². The molecular weight excluding hydrogens is 437 g/mol. The maximum Gasteiger partial charge on any atom is 0.433 e. The molecule has 0 aliphatic rings. The molecule has 0 aliphatic heterocycles. The van der Waals surface area contributed by atoms with Gasteiger partial charge in [0, 0.05) is 21.5 Å². The van der Waals surface area contributed by atoms with Crippen molar-refractivity contribution in [2.75, 3.05) is 0 Å². The molecule has 0 aliphatic carbocycles. The van der Waals surface area contributed by atoms with Crippen LogP contribution in [-0.2, 0) is 12.4 Å². The molecule has 0 atom stereocenters. The molecule has 142 valence electrons. The van der Waals surface area contributed by atoms with E-state index in [4.69, 9.17) is 23.2 Å². The zero-order valence-corrected chi connectivity index (χ0v) is 15.1. The molecule has 0 spiro atoms. The Labute approximate surface area is 162 Å². The molecule has 0 fully saturated rings. The lowest BCUT2D eigenvalue weighted by atomic mass is 10.2. The molecule has 3 aromatic rings. The van der Waals surface area contributed by atoms with Crippen LogP contribution < -0.4 is 0 Å². The topological polar surface area (TPSA) is 25.8 Å². The van der Waals surface area contributed by atoms with Crippen molar-refractivity contribution in [2.45, 2.75) is 22.3 Å². The van der Waals surface area contributed by atoms with E-state index in [2.05, 4.69) is 9.97 Å². The fourth-order valence-electron chi connectivity index (χ4n) is 2.20. The average Bonchev–Trinajstić information content (AvgIpc) is 2.52. The number of aromatic nitrogens is 2. The molecule has 0 unspecified atom stereocenters. The van der Waals surface area contributed by atoms with Gasteiger partial charge in [0.1, 0.15) is 10.7 Å². The molecule has 11 heteroatoms. The van der Waals surface area contributed by atoms with E-state index in [0.717, 1.165) is 30.0 Å². The summed E-state index contributed by atoms with van der Waals surface area (Å²) in [7, 11) is 0. The third kappa shape index (κ3) is 4.41. The molecule has 3 rings (SSSR count). The average molecular weight is 443 g/mol. The summed E-state index contributed by atoms with van der Waals surface area (Å²) in [6.07, 6.45) is -8.69. The van der Waals surface area contributed by atoms with Gasteiger partial charge in [-0.15, -0.1) is 0 Å². The molecule has 0 saturated carbocycles. The molecule has 1 aromatic carbocycles. The van der Waals surface area contributed by atoms with Gasteiger partial charge < -0.3 is 0 Å². The minimum Gasteiger partial charge on any atom is -0.249 e. The van der Waals surface area contributed by atoms with Crippen molar-refractivity contribution < 1.29 is 26.3 Å². The predicted octanol–water partition coefficient (Wildman–Crippen LogP) is 7.13. The Morgan fingerprint density at radius 3 is 2.15 bits per heavy atom. The highest BCUT2D eigenvalue weighted by atomic mass is 35.5. The second-order valence-corrected chi connectivity index (χ2v) is 7.18. The number of hydrogen-bond acceptors (Lipinski definition) is 3. The summed E-state index contributed by atoms with van der Waals surface area (Å²) in [5, 5.41) is 0.423. The fourth-order valence-corrected chi connectivity index (χ4v) is 3.79. The second-order valence-electron chi connectivity index (χ2n) is 5.27. The Bertz CT molecular complexity index is 1000. The van der Waals surface area contributed by atoms with E-state index in [1.54, 1.807) is 0 Å². The van der Waals surface area contributed by atoms with Crippen molar-refractivity contribution in [3.63, 3.8) is 0 Å². The van der Waals surface area contributed by atoms with Gasteiger partial charge in [-0.05, 0) is 30.3 Å². The Kier molecular flexibility index (Phi) is 5.22. The Morgan fingerprint density at radius 1 is 0.889 bits per heavy atom. The van der Waals surface area contributed by atoms with Crippen LogP contribution in [0, 0.1) is 0 Å². The van der Waals surface area contributed by atoms with Gasteiger partial charge in [-0.2, -0.15) is 26.3 Å². The van der Waals surface area contributed by atoms with E-state index >= 15 is 0 Å². The maximum absolute atomic E-state index is 13.1. The van der Waals surface area contributed by atoms with Crippen molar-refractivity contribution in [3.05, 3.63) is 57.8 Å². The number of fused-ring (bicyclic) bond motifs is 1. The first-order valence-corrected chi connectivity index (χ1v) is 8.60. The second kappa shape index (κ2) is 7.03. The van der Waals surface area contributed by atoms with E-state index in [9.17, 15) is 26.3 Å². The van der Waals surface area contributed by atoms with Gasteiger partial charge in [0.15, 0.2) is 0 Å². The zero-order valence-electron chi connectivity index (χ0n) is 12.8. The molecule has 2 aromatic heterocycles. The first kappa shape index (κ1) is 20.0. The van der Waals surface area contributed by atoms with Gasteiger partial charge in [-0.1, -0.05) is 35.0 Å². The third-order valence-corrected chi connectivity index (χ3v) is 4.87. The van der Waals surface area contributed by atoms with Gasteiger partial charge in [0.25, 0.3) is 0 Å². The number of pyridine rings is 2. The molecule has 0 N–H and O–H groups in total. The number of hydrogen-bond donors (Lipinski definition) is 0. The first-order valence-electron chi connectivity index (χ1n) is 7.03. The standard InChI is InChI=1S/C16H6Cl2F6N2S/c17-8-3-9(18)14-10(4-8)26-12(16(22,23)24)5-11(14)27-13-2-1-7(6-25-13)15(19,20)21/h1-6H. The number of nitrogens with zero attached hydrogens (tertiary/aromatic N) is 2. The third-order valence-electron chi connectivity index (χ3n) is 3.36. The smallest absolute Gasteiger partial charge is 0.249 e. The summed E-state index contributed by atoms with van der Waals surface area (Å²) in [5.74, 6) is 0. The Morgan fingerprint density at radius 2 is 1.59 bits per heavy atom. The molecule has 2 nitrogen and oxygen atoms in total. The monoisotopic (exact) mass is 442 g/mol. The lowest BCUT2D eigenvalue weighted by molar-refractivity contribution is -0.141. The molecule has 0 amide bonds. The van der Waals surface area contributed by atoms with Crippen LogP contribution in [0.3, 0.4) is 0 Å². The Hall–Kier alpha value is -1.71. The molecule has 2 heterocycles. The number of halogens is 8. The summed E-state index contributed by atoms with van der Waals surface area (Å²) in [6.45, 7) is 0. The summed E-state index contributed by atoms with van der Waals surface area (Å²) >= 11 is 12.7. The normalized spacial score (nSPS) is 12.6. The lowest BCUT2D eigenvalue weighted by Crippen LogP contribution is -2.08. The van der Waals surface area contributed by atoms with E-state index in [1.165, 1.54) is 12.1 Å². The highest BCUT2D eigenvalue weighted by Crippen LogP contribution is 2.41. The summed E-state index contributed by atoms with van der Waals surface area (Å²) < 4.78 is 77.3. The van der Waals surface area contributed by atoms with Crippen molar-refractivity contribution in [1.82, 2.24) is 9.97 Å². The minimum atomic E-state index is -4.73. The number of alkyl halides is 6. The van der Waals surface area contributed by atoms with Crippen molar-refractivity contribution >= 4 is 45.9 Å². The quantitative estimate of drug-likeness (QED) is 0.395. The van der Waals surface area contributed by atoms with Crippen LogP contribution in [0.2, 0.25) is 10.0 Å². The van der Waals surface area contributed by atoms with Crippen LogP contribution in [0.4, 0.5) is 26.3 Å². The SMILES string of the molecule is FC(F)(F)c1ccc(Sc2cc(C(F)(F)F)nc3cc(Cl)cc(Cl)c23)nc1. The van der Waals surface area contributed by atoms with E-state index in [0.29, 0.717) is 6.20 Å². The van der Waals surface area contributed by atoms with Crippen LogP contribution in [0.5, 0.6) is 0 Å². The molecule has 0 saturated heterocycles. The van der Waals surface area contributed by atoms with Crippen molar-refractivity contribution in [1.29, 1.82) is 0 Å². The highest BCUT2D eigenvalue weighted by Gasteiger charge is 2.34. The van der Waals surface area contributed by atoms with Crippen LogP contribution >= 0.6 is 35.0 Å². The molecule has 27 heavy (non-hydrogen) atoms. The van der Waals surface area contributed by atoms with Crippen molar-refractivity contribution in [2.24, 2.45) is 0 Å². The molecule has 0 bridgehead atoms. The van der Waals surface area contributed by atoms with Gasteiger partial charge in [-0.3, -0.25) is 0 Å². The van der Waals surface area contributed by atoms with Crippen LogP contribution in [-0.4, -0.2) is 9.97 Å². The fraction of sp³-hybridized carbons (Fsp3) is 0.125. The molecule has 0 radical (unpaired) electrons. The lowest BCUT2D eigenvalue weighted by Gasteiger charge is -2.13.